The third-order valence-electron chi connectivity index (χ3n) is 2.94. The highest BCUT2D eigenvalue weighted by Gasteiger charge is 2.14. The zero-order chi connectivity index (χ0) is 14.8. The third-order valence-corrected chi connectivity index (χ3v) is 3.44. The van der Waals surface area contributed by atoms with Gasteiger partial charge in [0.25, 0.3) is 5.89 Å². The van der Waals surface area contributed by atoms with Crippen molar-refractivity contribution in [1.29, 1.82) is 0 Å². The molecule has 0 fully saturated rings. The Hall–Kier alpha value is -2.34. The van der Waals surface area contributed by atoms with Gasteiger partial charge < -0.3 is 14.4 Å². The monoisotopic (exact) mass is 346 g/mol. The van der Waals surface area contributed by atoms with Gasteiger partial charge in [-0.1, -0.05) is 33.2 Å². The first kappa shape index (κ1) is 13.6. The molecule has 1 aromatic heterocycles. The van der Waals surface area contributed by atoms with Crippen LogP contribution < -0.4 is 4.74 Å². The minimum absolute atomic E-state index is 0.0824. The minimum atomic E-state index is 0.0824. The minimum Gasteiger partial charge on any atom is -0.507 e. The first-order valence-corrected chi connectivity index (χ1v) is 6.93. The maximum Gasteiger partial charge on any atom is 0.262 e. The summed E-state index contributed by atoms with van der Waals surface area (Å²) in [5, 5.41) is 13.8. The lowest BCUT2D eigenvalue weighted by Crippen LogP contribution is -1.85. The number of phenols is 1. The van der Waals surface area contributed by atoms with Crippen LogP contribution in [-0.2, 0) is 0 Å². The molecular weight excluding hydrogens is 336 g/mol. The summed E-state index contributed by atoms with van der Waals surface area (Å²) in [5.41, 5.74) is 1.25. The second-order valence-corrected chi connectivity index (χ2v) is 5.23. The van der Waals surface area contributed by atoms with Crippen molar-refractivity contribution in [3.8, 4) is 34.3 Å². The zero-order valence-electron chi connectivity index (χ0n) is 11.1. The van der Waals surface area contributed by atoms with Crippen molar-refractivity contribution < 1.29 is 14.4 Å². The van der Waals surface area contributed by atoms with Crippen molar-refractivity contribution in [2.75, 3.05) is 7.11 Å². The van der Waals surface area contributed by atoms with Crippen molar-refractivity contribution in [3.05, 3.63) is 46.9 Å². The number of methoxy groups -OCH3 is 1. The number of benzene rings is 2. The lowest BCUT2D eigenvalue weighted by molar-refractivity contribution is 0.414. The molecule has 0 bridgehead atoms. The molecule has 3 rings (SSSR count). The van der Waals surface area contributed by atoms with Crippen molar-refractivity contribution in [3.63, 3.8) is 0 Å². The van der Waals surface area contributed by atoms with E-state index in [0.29, 0.717) is 17.1 Å². The summed E-state index contributed by atoms with van der Waals surface area (Å²) in [6.45, 7) is 0. The largest absolute Gasteiger partial charge is 0.507 e. The molecule has 2 aromatic carbocycles. The Morgan fingerprint density at radius 3 is 2.86 bits per heavy atom. The van der Waals surface area contributed by atoms with Crippen molar-refractivity contribution >= 4 is 15.9 Å². The van der Waals surface area contributed by atoms with E-state index in [2.05, 4.69) is 26.1 Å². The summed E-state index contributed by atoms with van der Waals surface area (Å²) in [6, 6.07) is 12.4. The van der Waals surface area contributed by atoms with E-state index in [1.807, 2.05) is 24.3 Å². The lowest BCUT2D eigenvalue weighted by Gasteiger charge is -2.00. The number of phenolic OH excluding ortho intramolecular Hbond substituents is 1. The number of aromatic nitrogens is 2. The van der Waals surface area contributed by atoms with Gasteiger partial charge in [0.1, 0.15) is 11.5 Å². The molecule has 0 aliphatic heterocycles. The standard InChI is InChI=1S/C15H11BrN2O3/c1-20-11-4-2-3-9(7-11)14-17-15(21-18-14)12-8-10(16)5-6-13(12)19/h2-8,19H,1H3. The Morgan fingerprint density at radius 1 is 1.19 bits per heavy atom. The maximum absolute atomic E-state index is 9.88. The molecule has 6 heteroatoms. The number of hydrogen-bond donors (Lipinski definition) is 1. The molecule has 0 aliphatic rings. The van der Waals surface area contributed by atoms with Gasteiger partial charge in [-0.2, -0.15) is 4.98 Å². The van der Waals surface area contributed by atoms with Crippen molar-refractivity contribution in [1.82, 2.24) is 10.1 Å². The van der Waals surface area contributed by atoms with E-state index in [0.717, 1.165) is 10.0 Å². The van der Waals surface area contributed by atoms with E-state index in [4.69, 9.17) is 9.26 Å². The van der Waals surface area contributed by atoms with E-state index >= 15 is 0 Å². The molecule has 0 radical (unpaired) electrons. The summed E-state index contributed by atoms with van der Waals surface area (Å²) in [5.74, 6) is 1.48. The molecule has 0 saturated heterocycles. The molecule has 1 heterocycles. The van der Waals surface area contributed by atoms with E-state index in [-0.39, 0.29) is 11.6 Å². The second kappa shape index (κ2) is 5.57. The van der Waals surface area contributed by atoms with Crippen molar-refractivity contribution in [2.24, 2.45) is 0 Å². The van der Waals surface area contributed by atoms with Crippen LogP contribution in [0.25, 0.3) is 22.8 Å². The summed E-state index contributed by atoms with van der Waals surface area (Å²) >= 11 is 3.35. The van der Waals surface area contributed by atoms with E-state index in [9.17, 15) is 5.11 Å². The quantitative estimate of drug-likeness (QED) is 0.779. The molecule has 5 nitrogen and oxygen atoms in total. The first-order chi connectivity index (χ1) is 10.2. The maximum atomic E-state index is 9.88. The Kier molecular flexibility index (Phi) is 3.62. The van der Waals surface area contributed by atoms with Gasteiger partial charge in [-0.3, -0.25) is 0 Å². The Labute approximate surface area is 129 Å². The highest BCUT2D eigenvalue weighted by molar-refractivity contribution is 9.10. The van der Waals surface area contributed by atoms with Crippen LogP contribution >= 0.6 is 15.9 Å². The van der Waals surface area contributed by atoms with Crippen LogP contribution in [-0.4, -0.2) is 22.4 Å². The summed E-state index contributed by atoms with van der Waals surface area (Å²) in [7, 11) is 1.60. The van der Waals surface area contributed by atoms with E-state index in [1.165, 1.54) is 0 Å². The van der Waals surface area contributed by atoms with Crippen LogP contribution in [0, 0.1) is 0 Å². The summed E-state index contributed by atoms with van der Waals surface area (Å²) in [6.07, 6.45) is 0. The van der Waals surface area contributed by atoms with Gasteiger partial charge in [0.05, 0.1) is 12.7 Å². The van der Waals surface area contributed by atoms with Gasteiger partial charge >= 0.3 is 0 Å². The fourth-order valence-corrected chi connectivity index (χ4v) is 2.25. The van der Waals surface area contributed by atoms with Gasteiger partial charge in [0.2, 0.25) is 5.82 Å². The molecule has 0 unspecified atom stereocenters. The molecule has 1 N–H and O–H groups in total. The van der Waals surface area contributed by atoms with Crippen molar-refractivity contribution in [2.45, 2.75) is 0 Å². The molecule has 0 spiro atoms. The average molecular weight is 347 g/mol. The summed E-state index contributed by atoms with van der Waals surface area (Å²) in [4.78, 5) is 4.31. The lowest BCUT2D eigenvalue weighted by atomic mass is 10.2. The van der Waals surface area contributed by atoms with Crippen LogP contribution in [0.4, 0.5) is 0 Å². The number of hydrogen-bond acceptors (Lipinski definition) is 5. The number of ether oxygens (including phenoxy) is 1. The SMILES string of the molecule is COc1cccc(-c2noc(-c3cc(Br)ccc3O)n2)c1. The molecule has 0 atom stereocenters. The predicted molar refractivity (Wildman–Crippen MR) is 81.1 cm³/mol. The number of nitrogens with zero attached hydrogens (tertiary/aromatic N) is 2. The van der Waals surface area contributed by atoms with Crippen LogP contribution in [0.1, 0.15) is 0 Å². The van der Waals surface area contributed by atoms with Crippen LogP contribution in [0.2, 0.25) is 0 Å². The smallest absolute Gasteiger partial charge is 0.262 e. The average Bonchev–Trinajstić information content (AvgIpc) is 2.99. The number of rotatable bonds is 3. The Bertz CT molecular complexity index is 786. The van der Waals surface area contributed by atoms with Gasteiger partial charge in [-0.25, -0.2) is 0 Å². The molecule has 21 heavy (non-hydrogen) atoms. The van der Waals surface area contributed by atoms with Gasteiger partial charge in [-0.15, -0.1) is 0 Å². The number of halogens is 1. The second-order valence-electron chi connectivity index (χ2n) is 4.32. The molecule has 3 aromatic rings. The highest BCUT2D eigenvalue weighted by atomic mass is 79.9. The van der Waals surface area contributed by atoms with E-state index in [1.54, 1.807) is 25.3 Å². The van der Waals surface area contributed by atoms with Crippen LogP contribution in [0.15, 0.2) is 51.5 Å². The molecule has 0 aliphatic carbocycles. The Balaban J connectivity index is 2.01. The predicted octanol–water partition coefficient (Wildman–Crippen LogP) is 3.88. The van der Waals surface area contributed by atoms with Crippen LogP contribution in [0.5, 0.6) is 11.5 Å². The fraction of sp³-hybridized carbons (Fsp3) is 0.0667. The molecule has 0 saturated carbocycles. The zero-order valence-corrected chi connectivity index (χ0v) is 12.7. The van der Waals surface area contributed by atoms with Gasteiger partial charge in [-0.05, 0) is 30.3 Å². The first-order valence-electron chi connectivity index (χ1n) is 6.14. The Morgan fingerprint density at radius 2 is 2.05 bits per heavy atom. The topological polar surface area (TPSA) is 68.4 Å². The highest BCUT2D eigenvalue weighted by Crippen LogP contribution is 2.32. The number of aromatic hydroxyl groups is 1. The molecular formula is C15H11BrN2O3. The third kappa shape index (κ3) is 2.75. The van der Waals surface area contributed by atoms with Gasteiger partial charge in [0, 0.05) is 10.0 Å². The fourth-order valence-electron chi connectivity index (χ4n) is 1.89. The molecule has 106 valence electrons. The molecule has 0 amide bonds. The van der Waals surface area contributed by atoms with Crippen LogP contribution in [0.3, 0.4) is 0 Å². The summed E-state index contributed by atoms with van der Waals surface area (Å²) < 4.78 is 11.2. The van der Waals surface area contributed by atoms with E-state index < -0.39 is 0 Å². The normalized spacial score (nSPS) is 10.6. The van der Waals surface area contributed by atoms with Gasteiger partial charge in [0.15, 0.2) is 0 Å².